The number of carboxylic acid groups (broad SMARTS) is 1. The number of β-lactam (4-membered cyclic amide) rings is 1. The van der Waals surface area contributed by atoms with E-state index in [9.17, 15) is 19.5 Å². The number of aliphatic carboxylic acids is 1. The Bertz CT molecular complexity index is 1420. The van der Waals surface area contributed by atoms with Gasteiger partial charge in [-0.1, -0.05) is 29.1 Å². The van der Waals surface area contributed by atoms with Gasteiger partial charge in [-0.25, -0.2) is 9.48 Å². The van der Waals surface area contributed by atoms with Crippen molar-refractivity contribution in [2.75, 3.05) is 17.2 Å². The number of nitrogens with two attached hydrogens (primary N) is 1. The third kappa shape index (κ3) is 5.73. The summed E-state index contributed by atoms with van der Waals surface area (Å²) in [5.41, 5.74) is 5.92. The van der Waals surface area contributed by atoms with Gasteiger partial charge < -0.3 is 21.0 Å². The summed E-state index contributed by atoms with van der Waals surface area (Å²) in [4.78, 5) is 49.4. The van der Waals surface area contributed by atoms with Crippen LogP contribution in [-0.4, -0.2) is 92.1 Å². The lowest BCUT2D eigenvalue weighted by atomic mass is 10.0. The monoisotopic (exact) mass is 604 g/mol. The normalized spacial score (nSPS) is 22.5. The first-order valence-corrected chi connectivity index (χ1v) is 14.9. The van der Waals surface area contributed by atoms with E-state index in [1.165, 1.54) is 33.1 Å². The Kier molecular flexibility index (Phi) is 8.46. The second-order valence-electron chi connectivity index (χ2n) is 8.74. The number of tetrazole rings is 1. The van der Waals surface area contributed by atoms with E-state index >= 15 is 0 Å². The molecule has 4 N–H and O–H groups in total. The number of nitrogen functional groups attached to an aromatic ring is 1. The summed E-state index contributed by atoms with van der Waals surface area (Å²) in [6.45, 7) is 4.07. The topological polar surface area (TPSA) is 204 Å². The van der Waals surface area contributed by atoms with E-state index in [-0.39, 0.29) is 34.2 Å². The number of hydrogen-bond acceptors (Lipinski definition) is 14. The zero-order chi connectivity index (χ0) is 28.2. The minimum atomic E-state index is -1.23. The van der Waals surface area contributed by atoms with Gasteiger partial charge in [0.15, 0.2) is 5.13 Å². The van der Waals surface area contributed by atoms with E-state index in [1.54, 1.807) is 6.08 Å². The first-order chi connectivity index (χ1) is 19.4. The Hall–Kier alpha value is -3.77. The van der Waals surface area contributed by atoms with Crippen molar-refractivity contribution in [1.29, 1.82) is 0 Å². The van der Waals surface area contributed by atoms with Gasteiger partial charge in [-0.05, 0) is 41.3 Å². The van der Waals surface area contributed by atoms with Gasteiger partial charge in [-0.2, -0.15) is 9.36 Å². The number of amides is 2. The van der Waals surface area contributed by atoms with E-state index in [0.717, 1.165) is 30.8 Å². The Morgan fingerprint density at radius 3 is 2.98 bits per heavy atom. The number of fused-ring (bicyclic) bond motifs is 1. The molecular formula is C22H24N10O5S3. The molecular weight excluding hydrogens is 581 g/mol. The fraction of sp³-hybridized carbons (Fsp3) is 0.409. The van der Waals surface area contributed by atoms with Crippen molar-refractivity contribution in [3.05, 3.63) is 41.9 Å². The fourth-order valence-corrected chi connectivity index (χ4v) is 7.00. The molecule has 15 nitrogen and oxygen atoms in total. The van der Waals surface area contributed by atoms with E-state index in [2.05, 4.69) is 41.9 Å². The Labute approximate surface area is 240 Å². The summed E-state index contributed by atoms with van der Waals surface area (Å²) < 4.78 is 5.60. The molecule has 0 saturated carbocycles. The number of anilines is 1. The van der Waals surface area contributed by atoms with Crippen LogP contribution in [0.15, 0.2) is 46.4 Å². The third-order valence-corrected chi connectivity index (χ3v) is 9.00. The molecule has 5 rings (SSSR count). The first-order valence-electron chi connectivity index (χ1n) is 12.1. The second kappa shape index (κ2) is 12.2. The molecule has 2 aromatic rings. The zero-order valence-electron chi connectivity index (χ0n) is 20.9. The second-order valence-corrected chi connectivity index (χ2v) is 11.6. The number of nitrogens with one attached hydrogen (secondary N) is 1. The lowest BCUT2D eigenvalue weighted by molar-refractivity contribution is -0.150. The number of carbonyl (C=O) groups is 3. The average Bonchev–Trinajstić information content (AvgIpc) is 3.59. The number of carbonyl (C=O) groups excluding carboxylic acids is 2. The van der Waals surface area contributed by atoms with Crippen LogP contribution in [0.2, 0.25) is 0 Å². The molecule has 0 bridgehead atoms. The molecule has 4 heterocycles. The molecule has 3 aliphatic rings. The smallest absolute Gasteiger partial charge is 0.352 e. The molecule has 2 unspecified atom stereocenters. The molecule has 1 fully saturated rings. The number of hydrogen-bond donors (Lipinski definition) is 3. The number of oxime groups is 1. The molecule has 0 aromatic carbocycles. The van der Waals surface area contributed by atoms with Crippen molar-refractivity contribution in [2.45, 2.75) is 48.5 Å². The molecule has 210 valence electrons. The molecule has 1 saturated heterocycles. The summed E-state index contributed by atoms with van der Waals surface area (Å²) in [5, 5.41) is 28.1. The van der Waals surface area contributed by atoms with Crippen molar-refractivity contribution in [2.24, 2.45) is 5.16 Å². The summed E-state index contributed by atoms with van der Waals surface area (Å²) in [5.74, 6) is -1.94. The van der Waals surface area contributed by atoms with Crippen LogP contribution in [0.5, 0.6) is 0 Å². The van der Waals surface area contributed by atoms with Crippen molar-refractivity contribution < 1.29 is 24.3 Å². The molecule has 40 heavy (non-hydrogen) atoms. The Balaban J connectivity index is 1.30. The van der Waals surface area contributed by atoms with Crippen LogP contribution >= 0.6 is 35.1 Å². The molecule has 3 atom stereocenters. The van der Waals surface area contributed by atoms with Crippen molar-refractivity contribution in [1.82, 2.24) is 39.8 Å². The summed E-state index contributed by atoms with van der Waals surface area (Å²) >= 11 is 3.50. The van der Waals surface area contributed by atoms with Gasteiger partial charge in [0.2, 0.25) is 16.7 Å². The largest absolute Gasteiger partial charge is 0.477 e. The van der Waals surface area contributed by atoms with Crippen LogP contribution in [0, 0.1) is 0 Å². The number of rotatable bonds is 11. The minimum Gasteiger partial charge on any atom is -0.477 e. The number of aromatic nitrogens is 6. The van der Waals surface area contributed by atoms with E-state index in [1.807, 2.05) is 12.2 Å². The number of allylic oxidation sites excluding steroid dienone is 2. The number of nitrogens with zero attached hydrogens (tertiary/aromatic N) is 8. The van der Waals surface area contributed by atoms with Gasteiger partial charge in [0.25, 0.3) is 11.8 Å². The maximum atomic E-state index is 13.3. The number of carboxylic acids is 1. The molecule has 1 aliphatic carbocycles. The van der Waals surface area contributed by atoms with Gasteiger partial charge in [0, 0.05) is 23.0 Å². The van der Waals surface area contributed by atoms with Crippen molar-refractivity contribution in [3.63, 3.8) is 0 Å². The van der Waals surface area contributed by atoms with Gasteiger partial charge in [-0.15, -0.1) is 23.4 Å². The first kappa shape index (κ1) is 27.8. The predicted octanol–water partition coefficient (Wildman–Crippen LogP) is 0.653. The maximum Gasteiger partial charge on any atom is 0.352 e. The molecule has 18 heteroatoms. The summed E-state index contributed by atoms with van der Waals surface area (Å²) in [6, 6.07) is -0.975. The van der Waals surface area contributed by atoms with E-state index in [0.29, 0.717) is 23.0 Å². The van der Waals surface area contributed by atoms with E-state index < -0.39 is 29.2 Å². The lowest BCUT2D eigenvalue weighted by Crippen LogP contribution is -2.71. The molecule has 2 amide bonds. The highest BCUT2D eigenvalue weighted by Gasteiger charge is 2.54. The summed E-state index contributed by atoms with van der Waals surface area (Å²) in [6.07, 6.45) is 7.80. The summed E-state index contributed by atoms with van der Waals surface area (Å²) in [7, 11) is 0. The average molecular weight is 605 g/mol. The molecule has 2 aromatic heterocycles. The highest BCUT2D eigenvalue weighted by molar-refractivity contribution is 8.01. The van der Waals surface area contributed by atoms with Crippen molar-refractivity contribution >= 4 is 63.7 Å². The SMILES string of the molecule is C=CCn1nnnc1SCC1=C(C(=O)O)N2C(=O)C(NC(=O)C(=NOC3C=CCCC3)c3nsc(N)n3)[C@H]2SC1. The molecule has 2 aliphatic heterocycles. The van der Waals surface area contributed by atoms with Crippen LogP contribution in [-0.2, 0) is 25.8 Å². The number of thioether (sulfide) groups is 2. The van der Waals surface area contributed by atoms with Crippen LogP contribution in [0.4, 0.5) is 5.13 Å². The lowest BCUT2D eigenvalue weighted by Gasteiger charge is -2.49. The highest BCUT2D eigenvalue weighted by atomic mass is 32.2. The third-order valence-electron chi connectivity index (χ3n) is 6.07. The minimum absolute atomic E-state index is 0.0241. The van der Waals surface area contributed by atoms with Gasteiger partial charge in [-0.3, -0.25) is 14.5 Å². The van der Waals surface area contributed by atoms with E-state index in [4.69, 9.17) is 10.6 Å². The van der Waals surface area contributed by atoms with Crippen LogP contribution in [0.1, 0.15) is 25.1 Å². The van der Waals surface area contributed by atoms with Crippen LogP contribution in [0.3, 0.4) is 0 Å². The Morgan fingerprint density at radius 2 is 2.27 bits per heavy atom. The standard InChI is InChI=1S/C22H24N10O5S3/c1-2-8-31-22(26-29-30-31)39-10-11-9-38-19-14(18(34)32(19)15(11)20(35)36)24-17(33)13(16-25-21(23)40-28-16)27-37-12-6-4-3-5-7-12/h2,4,6,12,14,19H,1,3,5,7-10H2,(H,24,33)(H,35,36)(H2,23,25,28)/t12?,14?,19-/m1/s1. The van der Waals surface area contributed by atoms with Crippen molar-refractivity contribution in [3.8, 4) is 0 Å². The van der Waals surface area contributed by atoms with Crippen LogP contribution < -0.4 is 11.1 Å². The quantitative estimate of drug-likeness (QED) is 0.106. The predicted molar refractivity (Wildman–Crippen MR) is 147 cm³/mol. The fourth-order valence-electron chi connectivity index (χ4n) is 4.20. The van der Waals surface area contributed by atoms with Crippen LogP contribution in [0.25, 0.3) is 0 Å². The Morgan fingerprint density at radius 1 is 1.43 bits per heavy atom. The molecule has 0 radical (unpaired) electrons. The van der Waals surface area contributed by atoms with Gasteiger partial charge in [0.1, 0.15) is 23.2 Å². The highest BCUT2D eigenvalue weighted by Crippen LogP contribution is 2.41. The molecule has 0 spiro atoms. The maximum absolute atomic E-state index is 13.3. The van der Waals surface area contributed by atoms with Gasteiger partial charge >= 0.3 is 5.97 Å². The van der Waals surface area contributed by atoms with Gasteiger partial charge in [0.05, 0.1) is 6.54 Å². The zero-order valence-corrected chi connectivity index (χ0v) is 23.3.